The summed E-state index contributed by atoms with van der Waals surface area (Å²) in [5, 5.41) is 6.81. The average Bonchev–Trinajstić information content (AvgIpc) is 2.88. The van der Waals surface area contributed by atoms with Crippen LogP contribution in [0.25, 0.3) is 0 Å². The van der Waals surface area contributed by atoms with Gasteiger partial charge in [0.2, 0.25) is 0 Å². The highest BCUT2D eigenvalue weighted by Crippen LogP contribution is 2.22. The molecule has 0 unspecified atom stereocenters. The summed E-state index contributed by atoms with van der Waals surface area (Å²) < 4.78 is 11.1. The van der Waals surface area contributed by atoms with Crippen LogP contribution in [-0.4, -0.2) is 37.3 Å². The number of ether oxygens (including phenoxy) is 2. The predicted octanol–water partition coefficient (Wildman–Crippen LogP) is 3.57. The normalized spacial score (nSPS) is 11.4. The first kappa shape index (κ1) is 26.0. The Bertz CT molecular complexity index is 1210. The molecule has 36 heavy (non-hydrogen) atoms. The number of carbonyl (C=O) groups excluding carboxylic acids is 2. The summed E-state index contributed by atoms with van der Waals surface area (Å²) in [6, 6.07) is 21.5. The van der Waals surface area contributed by atoms with E-state index < -0.39 is 17.9 Å². The topological polar surface area (TPSA) is 89.0 Å². The van der Waals surface area contributed by atoms with Crippen molar-refractivity contribution in [1.82, 2.24) is 10.7 Å². The van der Waals surface area contributed by atoms with E-state index in [2.05, 4.69) is 21.8 Å². The number of aryl methyl sites for hydroxylation is 2. The maximum absolute atomic E-state index is 12.9. The number of para-hydroxylation sites is 1. The Labute approximate surface area is 211 Å². The molecule has 0 saturated carbocycles. The van der Waals surface area contributed by atoms with Gasteiger partial charge in [-0.25, -0.2) is 5.43 Å². The molecule has 1 atom stereocenters. The fourth-order valence-corrected chi connectivity index (χ4v) is 3.48. The lowest BCUT2D eigenvalue weighted by Gasteiger charge is -2.18. The molecule has 0 spiro atoms. The molecule has 3 aromatic rings. The van der Waals surface area contributed by atoms with E-state index in [0.29, 0.717) is 17.9 Å². The van der Waals surface area contributed by atoms with Crippen molar-refractivity contribution in [3.05, 3.63) is 95.1 Å². The summed E-state index contributed by atoms with van der Waals surface area (Å²) in [6.45, 7) is 3.82. The largest absolute Gasteiger partial charge is 0.483 e. The molecule has 0 saturated heterocycles. The van der Waals surface area contributed by atoms with Crippen LogP contribution in [0.3, 0.4) is 0 Å². The molecule has 0 heterocycles. The third-order valence-electron chi connectivity index (χ3n) is 5.28. The highest BCUT2D eigenvalue weighted by molar-refractivity contribution is 5.89. The van der Waals surface area contributed by atoms with Crippen LogP contribution in [0.1, 0.15) is 22.3 Å². The number of carbonyl (C=O) groups is 2. The maximum atomic E-state index is 12.9. The molecule has 2 N–H and O–H groups in total. The van der Waals surface area contributed by atoms with Gasteiger partial charge in [0.25, 0.3) is 11.8 Å². The lowest BCUT2D eigenvalue weighted by Crippen LogP contribution is -2.48. The van der Waals surface area contributed by atoms with Gasteiger partial charge in [0.1, 0.15) is 24.1 Å². The minimum absolute atomic E-state index is 0.188. The Hall–Kier alpha value is -4.57. The zero-order valence-electron chi connectivity index (χ0n) is 20.4. The fourth-order valence-electron chi connectivity index (χ4n) is 3.48. The number of hydrogen-bond acceptors (Lipinski definition) is 5. The summed E-state index contributed by atoms with van der Waals surface area (Å²) >= 11 is 0. The Kier molecular flexibility index (Phi) is 9.66. The molecule has 0 aliphatic heterocycles. The van der Waals surface area contributed by atoms with Crippen LogP contribution in [0.15, 0.2) is 77.9 Å². The van der Waals surface area contributed by atoms with Gasteiger partial charge in [-0.15, -0.1) is 6.42 Å². The maximum Gasteiger partial charge on any atom is 0.262 e. The molecule has 7 nitrogen and oxygen atoms in total. The van der Waals surface area contributed by atoms with E-state index in [1.165, 1.54) is 6.21 Å². The number of benzene rings is 3. The molecule has 0 radical (unpaired) electrons. The van der Waals surface area contributed by atoms with E-state index in [4.69, 9.17) is 15.9 Å². The number of hydrogen-bond donors (Lipinski definition) is 2. The third kappa shape index (κ3) is 8.03. The molecular weight excluding hydrogens is 454 g/mol. The second-order valence-corrected chi connectivity index (χ2v) is 8.12. The molecule has 0 aliphatic rings. The van der Waals surface area contributed by atoms with Crippen LogP contribution in [0.5, 0.6) is 11.5 Å². The standard InChI is InChI=1S/C29H29N3O4/c1-4-17-35-25-15-13-24(14-16-25)19-30-32-29(34)26(18-23-11-6-5-7-12-23)31-27(33)20-36-28-21(2)9-8-10-22(28)3/h1,5-16,19,26H,17-18,20H2,2-3H3,(H,31,33)(H,32,34)/b30-19-/t26-/m0/s1. The lowest BCUT2D eigenvalue weighted by atomic mass is 10.1. The van der Waals surface area contributed by atoms with Gasteiger partial charge in [-0.2, -0.15) is 5.10 Å². The molecule has 3 aromatic carbocycles. The monoisotopic (exact) mass is 483 g/mol. The molecule has 3 rings (SSSR count). The van der Waals surface area contributed by atoms with E-state index >= 15 is 0 Å². The summed E-state index contributed by atoms with van der Waals surface area (Å²) in [5.74, 6) is 2.87. The van der Waals surface area contributed by atoms with Crippen molar-refractivity contribution in [2.45, 2.75) is 26.3 Å². The van der Waals surface area contributed by atoms with Crippen molar-refractivity contribution in [3.63, 3.8) is 0 Å². The van der Waals surface area contributed by atoms with Crippen LogP contribution in [0.2, 0.25) is 0 Å². The second kappa shape index (κ2) is 13.4. The number of nitrogens with one attached hydrogen (secondary N) is 2. The van der Waals surface area contributed by atoms with E-state index in [-0.39, 0.29) is 13.2 Å². The number of terminal acetylenes is 1. The summed E-state index contributed by atoms with van der Waals surface area (Å²) in [4.78, 5) is 25.6. The molecule has 0 bridgehead atoms. The van der Waals surface area contributed by atoms with Crippen molar-refractivity contribution < 1.29 is 19.1 Å². The number of nitrogens with zero attached hydrogens (tertiary/aromatic N) is 1. The van der Waals surface area contributed by atoms with E-state index in [1.54, 1.807) is 24.3 Å². The minimum Gasteiger partial charge on any atom is -0.483 e. The van der Waals surface area contributed by atoms with Gasteiger partial charge < -0.3 is 14.8 Å². The van der Waals surface area contributed by atoms with Gasteiger partial charge in [0.05, 0.1) is 6.21 Å². The molecule has 0 fully saturated rings. The quantitative estimate of drug-likeness (QED) is 0.248. The first-order valence-corrected chi connectivity index (χ1v) is 11.5. The van der Waals surface area contributed by atoms with Crippen LogP contribution in [0, 0.1) is 26.2 Å². The SMILES string of the molecule is C#CCOc1ccc(/C=N\NC(=O)[C@H](Cc2ccccc2)NC(=O)COc2c(C)cccc2C)cc1. The zero-order valence-corrected chi connectivity index (χ0v) is 20.4. The highest BCUT2D eigenvalue weighted by Gasteiger charge is 2.21. The van der Waals surface area contributed by atoms with Gasteiger partial charge in [-0.3, -0.25) is 9.59 Å². The average molecular weight is 484 g/mol. The number of amides is 2. The molecule has 2 amide bonds. The number of hydrazone groups is 1. The van der Waals surface area contributed by atoms with Crippen molar-refractivity contribution in [3.8, 4) is 23.8 Å². The molecule has 0 aliphatic carbocycles. The van der Waals surface area contributed by atoms with Crippen molar-refractivity contribution >= 4 is 18.0 Å². The first-order chi connectivity index (χ1) is 17.5. The molecular formula is C29H29N3O4. The van der Waals surface area contributed by atoms with E-state index in [0.717, 1.165) is 22.3 Å². The second-order valence-electron chi connectivity index (χ2n) is 8.12. The van der Waals surface area contributed by atoms with Crippen LogP contribution in [0.4, 0.5) is 0 Å². The van der Waals surface area contributed by atoms with Crippen molar-refractivity contribution in [1.29, 1.82) is 0 Å². The van der Waals surface area contributed by atoms with Gasteiger partial charge in [-0.05, 0) is 60.4 Å². The summed E-state index contributed by atoms with van der Waals surface area (Å²) in [7, 11) is 0. The van der Waals surface area contributed by atoms with E-state index in [9.17, 15) is 9.59 Å². The van der Waals surface area contributed by atoms with Gasteiger partial charge in [0, 0.05) is 6.42 Å². The van der Waals surface area contributed by atoms with Gasteiger partial charge in [0.15, 0.2) is 6.61 Å². The van der Waals surface area contributed by atoms with Crippen molar-refractivity contribution in [2.75, 3.05) is 13.2 Å². The van der Waals surface area contributed by atoms with Crippen molar-refractivity contribution in [2.24, 2.45) is 5.10 Å². The minimum atomic E-state index is -0.835. The van der Waals surface area contributed by atoms with Gasteiger partial charge in [-0.1, -0.05) is 54.5 Å². The summed E-state index contributed by atoms with van der Waals surface area (Å²) in [5.41, 5.74) is 6.05. The predicted molar refractivity (Wildman–Crippen MR) is 140 cm³/mol. The van der Waals surface area contributed by atoms with Crippen LogP contribution >= 0.6 is 0 Å². The highest BCUT2D eigenvalue weighted by atomic mass is 16.5. The lowest BCUT2D eigenvalue weighted by molar-refractivity contribution is -0.130. The summed E-state index contributed by atoms with van der Waals surface area (Å²) in [6.07, 6.45) is 7.00. The zero-order chi connectivity index (χ0) is 25.8. The first-order valence-electron chi connectivity index (χ1n) is 11.5. The molecule has 0 aromatic heterocycles. The smallest absolute Gasteiger partial charge is 0.262 e. The Morgan fingerprint density at radius 3 is 2.33 bits per heavy atom. The van der Waals surface area contributed by atoms with Crippen LogP contribution < -0.4 is 20.2 Å². The van der Waals surface area contributed by atoms with E-state index in [1.807, 2.05) is 62.4 Å². The van der Waals surface area contributed by atoms with Gasteiger partial charge >= 0.3 is 0 Å². The molecule has 184 valence electrons. The number of rotatable bonds is 11. The Balaban J connectivity index is 1.62. The van der Waals surface area contributed by atoms with Crippen LogP contribution in [-0.2, 0) is 16.0 Å². The Morgan fingerprint density at radius 1 is 0.972 bits per heavy atom. The third-order valence-corrected chi connectivity index (χ3v) is 5.28. The fraction of sp³-hybridized carbons (Fsp3) is 0.207. The Morgan fingerprint density at radius 2 is 1.67 bits per heavy atom. The molecule has 7 heteroatoms.